The van der Waals surface area contributed by atoms with Crippen molar-refractivity contribution in [3.8, 4) is 0 Å². The molecule has 1 aromatic heterocycles. The number of halogens is 4. The summed E-state index contributed by atoms with van der Waals surface area (Å²) in [5.74, 6) is -0.835. The smallest absolute Gasteiger partial charge is 0.419 e. The van der Waals surface area contributed by atoms with Gasteiger partial charge in [-0.2, -0.15) is 13.2 Å². The van der Waals surface area contributed by atoms with Crippen molar-refractivity contribution >= 4 is 0 Å². The average molecular weight is 273 g/mol. The van der Waals surface area contributed by atoms with Crippen LogP contribution in [0.5, 0.6) is 0 Å². The van der Waals surface area contributed by atoms with Crippen molar-refractivity contribution in [3.63, 3.8) is 0 Å². The van der Waals surface area contributed by atoms with Crippen molar-refractivity contribution in [1.82, 2.24) is 0 Å². The van der Waals surface area contributed by atoms with Crippen LogP contribution in [0.3, 0.4) is 0 Å². The molecule has 1 heterocycles. The fourth-order valence-corrected chi connectivity index (χ4v) is 1.81. The Hall–Kier alpha value is -1.82. The van der Waals surface area contributed by atoms with E-state index in [9.17, 15) is 17.6 Å². The summed E-state index contributed by atoms with van der Waals surface area (Å²) in [7, 11) is 0. The van der Waals surface area contributed by atoms with Crippen LogP contribution < -0.4 is 5.73 Å². The first-order valence-electron chi connectivity index (χ1n) is 5.53. The topological polar surface area (TPSA) is 39.2 Å². The molecule has 0 fully saturated rings. The Balaban J connectivity index is 2.30. The number of alkyl halides is 3. The van der Waals surface area contributed by atoms with Crippen molar-refractivity contribution in [2.24, 2.45) is 5.73 Å². The Morgan fingerprint density at radius 1 is 1.16 bits per heavy atom. The maximum absolute atomic E-state index is 13.8. The quantitative estimate of drug-likeness (QED) is 0.866. The molecule has 0 spiro atoms. The van der Waals surface area contributed by atoms with E-state index in [1.54, 1.807) is 12.1 Å². The molecule has 0 amide bonds. The van der Waals surface area contributed by atoms with Gasteiger partial charge < -0.3 is 10.2 Å². The van der Waals surface area contributed by atoms with Gasteiger partial charge in [0.1, 0.15) is 11.6 Å². The van der Waals surface area contributed by atoms with Gasteiger partial charge in [-0.25, -0.2) is 4.39 Å². The molecule has 6 heteroatoms. The number of rotatable bonds is 3. The molecule has 1 unspecified atom stereocenters. The molecule has 1 aromatic carbocycles. The standard InChI is InChI=1S/C13H11F4NO/c14-12-9(4-1-5-10(12)13(15,16)17)11(18)7-8-3-2-6-19-8/h1-6,11H,7,18H2. The second-order valence-corrected chi connectivity index (χ2v) is 4.10. The summed E-state index contributed by atoms with van der Waals surface area (Å²) in [5, 5.41) is 0. The first-order chi connectivity index (χ1) is 8.89. The minimum atomic E-state index is -4.73. The van der Waals surface area contributed by atoms with Gasteiger partial charge in [0.25, 0.3) is 0 Å². The largest absolute Gasteiger partial charge is 0.469 e. The van der Waals surface area contributed by atoms with Gasteiger partial charge in [0.05, 0.1) is 11.8 Å². The van der Waals surface area contributed by atoms with Gasteiger partial charge in [0, 0.05) is 18.0 Å². The predicted octanol–water partition coefficient (Wildman–Crippen LogP) is 3.68. The molecule has 0 saturated heterocycles. The Bertz CT molecular complexity index is 548. The van der Waals surface area contributed by atoms with Gasteiger partial charge >= 0.3 is 6.18 Å². The van der Waals surface area contributed by atoms with Crippen LogP contribution in [0.25, 0.3) is 0 Å². The van der Waals surface area contributed by atoms with Crippen LogP contribution in [0.1, 0.15) is 22.9 Å². The van der Waals surface area contributed by atoms with E-state index in [0.717, 1.165) is 6.07 Å². The molecular formula is C13H11F4NO. The Labute approximate surface area is 106 Å². The molecule has 2 rings (SSSR count). The lowest BCUT2D eigenvalue weighted by Crippen LogP contribution is -2.18. The van der Waals surface area contributed by atoms with Crippen LogP contribution in [0, 0.1) is 5.82 Å². The summed E-state index contributed by atoms with van der Waals surface area (Å²) in [6, 6.07) is 5.45. The lowest BCUT2D eigenvalue weighted by Gasteiger charge is -2.15. The fourth-order valence-electron chi connectivity index (χ4n) is 1.81. The number of furan rings is 1. The summed E-state index contributed by atoms with van der Waals surface area (Å²) in [6.45, 7) is 0. The van der Waals surface area contributed by atoms with Gasteiger partial charge in [-0.05, 0) is 18.2 Å². The molecule has 0 aliphatic rings. The molecule has 2 N–H and O–H groups in total. The maximum atomic E-state index is 13.8. The Morgan fingerprint density at radius 3 is 2.47 bits per heavy atom. The third kappa shape index (κ3) is 2.96. The van der Waals surface area contributed by atoms with Gasteiger partial charge in [-0.15, -0.1) is 0 Å². The normalized spacial score (nSPS) is 13.5. The summed E-state index contributed by atoms with van der Waals surface area (Å²) in [6.07, 6.45) is -3.18. The van der Waals surface area contributed by atoms with Crippen LogP contribution >= 0.6 is 0 Å². The van der Waals surface area contributed by atoms with Crippen molar-refractivity contribution in [3.05, 3.63) is 59.3 Å². The van der Waals surface area contributed by atoms with Gasteiger partial charge in [-0.1, -0.05) is 12.1 Å². The summed E-state index contributed by atoms with van der Waals surface area (Å²) in [4.78, 5) is 0. The molecule has 0 bridgehead atoms. The summed E-state index contributed by atoms with van der Waals surface area (Å²) >= 11 is 0. The van der Waals surface area contributed by atoms with Crippen LogP contribution in [0.15, 0.2) is 41.0 Å². The van der Waals surface area contributed by atoms with E-state index in [1.807, 2.05) is 0 Å². The summed E-state index contributed by atoms with van der Waals surface area (Å²) in [5.41, 5.74) is 4.25. The SMILES string of the molecule is NC(Cc1ccco1)c1cccc(C(F)(F)F)c1F. The zero-order valence-electron chi connectivity index (χ0n) is 9.75. The highest BCUT2D eigenvalue weighted by Crippen LogP contribution is 2.34. The van der Waals surface area contributed by atoms with Crippen molar-refractivity contribution < 1.29 is 22.0 Å². The van der Waals surface area contributed by atoms with Gasteiger partial charge in [0.2, 0.25) is 0 Å². The average Bonchev–Trinajstić information content (AvgIpc) is 2.80. The van der Waals surface area contributed by atoms with E-state index < -0.39 is 23.6 Å². The number of nitrogens with two attached hydrogens (primary N) is 1. The lowest BCUT2D eigenvalue weighted by molar-refractivity contribution is -0.140. The van der Waals surface area contributed by atoms with E-state index in [-0.39, 0.29) is 12.0 Å². The van der Waals surface area contributed by atoms with Crippen LogP contribution in [0.4, 0.5) is 17.6 Å². The third-order valence-electron chi connectivity index (χ3n) is 2.73. The van der Waals surface area contributed by atoms with Gasteiger partial charge in [0.15, 0.2) is 0 Å². The fraction of sp³-hybridized carbons (Fsp3) is 0.231. The highest BCUT2D eigenvalue weighted by atomic mass is 19.4. The summed E-state index contributed by atoms with van der Waals surface area (Å²) < 4.78 is 56.6. The molecular weight excluding hydrogens is 262 g/mol. The van der Waals surface area contributed by atoms with E-state index in [1.165, 1.54) is 12.3 Å². The van der Waals surface area contributed by atoms with Crippen molar-refractivity contribution in [2.75, 3.05) is 0 Å². The second kappa shape index (κ2) is 5.05. The molecule has 0 aliphatic carbocycles. The van der Waals surface area contributed by atoms with Gasteiger partial charge in [-0.3, -0.25) is 0 Å². The van der Waals surface area contributed by atoms with Crippen LogP contribution in [-0.4, -0.2) is 0 Å². The number of hydrogen-bond donors (Lipinski definition) is 1. The first kappa shape index (κ1) is 13.6. The molecule has 0 saturated carbocycles. The van der Waals surface area contributed by atoms with Crippen molar-refractivity contribution in [1.29, 1.82) is 0 Å². The van der Waals surface area contributed by atoms with E-state index >= 15 is 0 Å². The second-order valence-electron chi connectivity index (χ2n) is 4.10. The molecule has 0 radical (unpaired) electrons. The first-order valence-corrected chi connectivity index (χ1v) is 5.53. The van der Waals surface area contributed by atoms with Crippen molar-refractivity contribution in [2.45, 2.75) is 18.6 Å². The molecule has 0 aliphatic heterocycles. The van der Waals surface area contributed by atoms with E-state index in [2.05, 4.69) is 0 Å². The van der Waals surface area contributed by atoms with Crippen LogP contribution in [-0.2, 0) is 12.6 Å². The van der Waals surface area contributed by atoms with E-state index in [0.29, 0.717) is 11.8 Å². The minimum absolute atomic E-state index is 0.130. The van der Waals surface area contributed by atoms with E-state index in [4.69, 9.17) is 10.2 Å². The molecule has 1 atom stereocenters. The lowest BCUT2D eigenvalue weighted by atomic mass is 10.00. The third-order valence-corrected chi connectivity index (χ3v) is 2.73. The van der Waals surface area contributed by atoms with Crippen LogP contribution in [0.2, 0.25) is 0 Å². The number of benzene rings is 1. The molecule has 19 heavy (non-hydrogen) atoms. The monoisotopic (exact) mass is 273 g/mol. The Kier molecular flexibility index (Phi) is 3.61. The highest BCUT2D eigenvalue weighted by molar-refractivity contribution is 5.30. The molecule has 102 valence electrons. The zero-order valence-corrected chi connectivity index (χ0v) is 9.75. The maximum Gasteiger partial charge on any atom is 0.419 e. The highest BCUT2D eigenvalue weighted by Gasteiger charge is 2.35. The zero-order chi connectivity index (χ0) is 14.0. The Morgan fingerprint density at radius 2 is 1.89 bits per heavy atom. The minimum Gasteiger partial charge on any atom is -0.469 e. The predicted molar refractivity (Wildman–Crippen MR) is 60.7 cm³/mol. The molecule has 2 aromatic rings. The molecule has 2 nitrogen and oxygen atoms in total. The number of hydrogen-bond acceptors (Lipinski definition) is 2.